The molecule has 2 fully saturated rings. The summed E-state index contributed by atoms with van der Waals surface area (Å²) < 4.78 is 28.3. The minimum absolute atomic E-state index is 0.0861. The Bertz CT molecular complexity index is 655. The third-order valence-corrected chi connectivity index (χ3v) is 7.55. The molecule has 6 heteroatoms. The second kappa shape index (κ2) is 8.83. The quantitative estimate of drug-likeness (QED) is 0.827. The summed E-state index contributed by atoms with van der Waals surface area (Å²) in [7, 11) is -0.157. The Kier molecular flexibility index (Phi) is 6.72. The molecule has 2 atom stereocenters. The van der Waals surface area contributed by atoms with Gasteiger partial charge in [-0.05, 0) is 62.6 Å². The van der Waals surface area contributed by atoms with Gasteiger partial charge < -0.3 is 4.90 Å². The Morgan fingerprint density at radius 1 is 1.08 bits per heavy atom. The first kappa shape index (κ1) is 19.8. The van der Waals surface area contributed by atoms with E-state index in [1.807, 2.05) is 0 Å². The summed E-state index contributed by atoms with van der Waals surface area (Å²) in [5.74, 6) is 1.30. The van der Waals surface area contributed by atoms with E-state index >= 15 is 0 Å². The highest BCUT2D eigenvalue weighted by molar-refractivity contribution is 7.87. The van der Waals surface area contributed by atoms with Crippen molar-refractivity contribution in [3.8, 4) is 0 Å². The summed E-state index contributed by atoms with van der Waals surface area (Å²) in [6, 6.07) is 11.0. The fraction of sp³-hybridized carbons (Fsp3) is 0.700. The number of likely N-dealkylation sites (tertiary alicyclic amines) is 1. The van der Waals surface area contributed by atoms with Gasteiger partial charge in [0.15, 0.2) is 0 Å². The van der Waals surface area contributed by atoms with Crippen LogP contribution in [0.25, 0.3) is 0 Å². The van der Waals surface area contributed by atoms with Gasteiger partial charge in [-0.25, -0.2) is 0 Å². The summed E-state index contributed by atoms with van der Waals surface area (Å²) in [4.78, 5) is 2.59. The Labute approximate surface area is 158 Å². The number of hydrogen-bond donors (Lipinski definition) is 1. The monoisotopic (exact) mass is 379 g/mol. The Morgan fingerprint density at radius 3 is 2.42 bits per heavy atom. The topological polar surface area (TPSA) is 52.7 Å². The highest BCUT2D eigenvalue weighted by atomic mass is 32.2. The van der Waals surface area contributed by atoms with Crippen LogP contribution in [0.2, 0.25) is 0 Å². The highest BCUT2D eigenvalue weighted by Crippen LogP contribution is 2.30. The van der Waals surface area contributed by atoms with Crippen LogP contribution >= 0.6 is 0 Å². The zero-order valence-electron chi connectivity index (χ0n) is 16.1. The van der Waals surface area contributed by atoms with Crippen molar-refractivity contribution in [2.45, 2.75) is 50.5 Å². The molecule has 1 saturated carbocycles. The number of nitrogens with one attached hydrogen (secondary N) is 1. The second-order valence-electron chi connectivity index (χ2n) is 8.12. The van der Waals surface area contributed by atoms with Gasteiger partial charge in [-0.15, -0.1) is 0 Å². The summed E-state index contributed by atoms with van der Waals surface area (Å²) in [6.45, 7) is 3.43. The second-order valence-corrected chi connectivity index (χ2v) is 10.0. The molecule has 1 aromatic rings. The van der Waals surface area contributed by atoms with E-state index in [9.17, 15) is 8.42 Å². The number of rotatable bonds is 6. The van der Waals surface area contributed by atoms with E-state index in [1.165, 1.54) is 29.1 Å². The molecule has 0 radical (unpaired) electrons. The van der Waals surface area contributed by atoms with Crippen molar-refractivity contribution in [2.24, 2.45) is 5.92 Å². The van der Waals surface area contributed by atoms with Crippen LogP contribution in [0.4, 0.5) is 0 Å². The maximum absolute atomic E-state index is 12.1. The van der Waals surface area contributed by atoms with Crippen molar-refractivity contribution >= 4 is 10.2 Å². The van der Waals surface area contributed by atoms with Crippen LogP contribution in [0.3, 0.4) is 0 Å². The molecule has 2 aliphatic rings. The number of piperidine rings is 1. The molecule has 5 nitrogen and oxygen atoms in total. The first-order valence-electron chi connectivity index (χ1n) is 9.91. The molecule has 0 unspecified atom stereocenters. The van der Waals surface area contributed by atoms with E-state index in [0.29, 0.717) is 11.8 Å². The van der Waals surface area contributed by atoms with Gasteiger partial charge in [0.1, 0.15) is 0 Å². The summed E-state index contributed by atoms with van der Waals surface area (Å²) >= 11 is 0. The van der Waals surface area contributed by atoms with Crippen LogP contribution in [0.1, 0.15) is 50.0 Å². The zero-order chi connectivity index (χ0) is 18.6. The minimum atomic E-state index is -3.32. The molecule has 0 amide bonds. The van der Waals surface area contributed by atoms with Crippen molar-refractivity contribution in [2.75, 3.05) is 33.7 Å². The number of benzene rings is 1. The van der Waals surface area contributed by atoms with Crippen molar-refractivity contribution in [3.05, 3.63) is 35.9 Å². The molecular weight excluding hydrogens is 346 g/mol. The number of hydrogen-bond acceptors (Lipinski definition) is 3. The van der Waals surface area contributed by atoms with Crippen LogP contribution in [0.5, 0.6) is 0 Å². The lowest BCUT2D eigenvalue weighted by Gasteiger charge is -2.37. The molecule has 1 aromatic carbocycles. The molecule has 1 aliphatic carbocycles. The average molecular weight is 380 g/mol. The van der Waals surface area contributed by atoms with Gasteiger partial charge in [0.2, 0.25) is 0 Å². The van der Waals surface area contributed by atoms with Gasteiger partial charge in [0, 0.05) is 26.7 Å². The maximum Gasteiger partial charge on any atom is 0.279 e. The molecule has 26 heavy (non-hydrogen) atoms. The fourth-order valence-electron chi connectivity index (χ4n) is 4.42. The molecule has 1 saturated heterocycles. The highest BCUT2D eigenvalue weighted by Gasteiger charge is 2.29. The normalized spacial score (nSPS) is 26.3. The number of nitrogens with zero attached hydrogens (tertiary/aromatic N) is 2. The molecule has 0 aromatic heterocycles. The molecule has 1 aliphatic heterocycles. The van der Waals surface area contributed by atoms with Gasteiger partial charge in [-0.3, -0.25) is 0 Å². The zero-order valence-corrected chi connectivity index (χ0v) is 16.9. The molecule has 1 N–H and O–H groups in total. The summed E-state index contributed by atoms with van der Waals surface area (Å²) in [5, 5.41) is 0. The van der Waals surface area contributed by atoms with Gasteiger partial charge in [-0.1, -0.05) is 36.8 Å². The van der Waals surface area contributed by atoms with Crippen molar-refractivity contribution in [1.82, 2.24) is 13.9 Å². The SMILES string of the molecule is CN(C)S(=O)(=O)N[C@H]1CCC[C@@H](CN2CCC(c3ccccc3)CC2)C1. The van der Waals surface area contributed by atoms with Crippen molar-refractivity contribution < 1.29 is 8.42 Å². The Morgan fingerprint density at radius 2 is 1.77 bits per heavy atom. The Hall–Kier alpha value is -0.950. The van der Waals surface area contributed by atoms with E-state index in [2.05, 4.69) is 40.0 Å². The lowest BCUT2D eigenvalue weighted by atomic mass is 9.84. The van der Waals surface area contributed by atoms with Crippen LogP contribution in [-0.4, -0.2) is 57.4 Å². The molecule has 0 bridgehead atoms. The van der Waals surface area contributed by atoms with Gasteiger partial charge in [-0.2, -0.15) is 17.4 Å². The van der Waals surface area contributed by atoms with Crippen LogP contribution in [0.15, 0.2) is 30.3 Å². The summed E-state index contributed by atoms with van der Waals surface area (Å²) in [6.07, 6.45) is 6.72. The van der Waals surface area contributed by atoms with Crippen molar-refractivity contribution in [1.29, 1.82) is 0 Å². The first-order chi connectivity index (χ1) is 12.4. The van der Waals surface area contributed by atoms with Gasteiger partial charge in [0.25, 0.3) is 10.2 Å². The molecule has 1 heterocycles. The van der Waals surface area contributed by atoms with E-state index in [1.54, 1.807) is 14.1 Å². The smallest absolute Gasteiger partial charge is 0.279 e. The maximum atomic E-state index is 12.1. The predicted molar refractivity (Wildman–Crippen MR) is 106 cm³/mol. The summed E-state index contributed by atoms with van der Waals surface area (Å²) in [5.41, 5.74) is 1.47. The fourth-order valence-corrected chi connectivity index (χ4v) is 5.27. The van der Waals surface area contributed by atoms with Gasteiger partial charge in [0.05, 0.1) is 0 Å². The standard InChI is InChI=1S/C20H33N3O2S/c1-22(2)26(24,25)21-20-10-6-7-17(15-20)16-23-13-11-19(12-14-23)18-8-4-3-5-9-18/h3-5,8-9,17,19-21H,6-7,10-16H2,1-2H3/t17-,20+/m1/s1. The molecule has 146 valence electrons. The van der Waals surface area contributed by atoms with Crippen LogP contribution in [-0.2, 0) is 10.2 Å². The van der Waals surface area contributed by atoms with Crippen molar-refractivity contribution in [3.63, 3.8) is 0 Å². The molecule has 0 spiro atoms. The third-order valence-electron chi connectivity index (χ3n) is 5.95. The lowest BCUT2D eigenvalue weighted by molar-refractivity contribution is 0.156. The van der Waals surface area contributed by atoms with E-state index in [4.69, 9.17) is 0 Å². The predicted octanol–water partition coefficient (Wildman–Crippen LogP) is 2.82. The van der Waals surface area contributed by atoms with Crippen LogP contribution in [0, 0.1) is 5.92 Å². The molecular formula is C20H33N3O2S. The van der Waals surface area contributed by atoms with E-state index in [0.717, 1.165) is 38.9 Å². The van der Waals surface area contributed by atoms with Gasteiger partial charge >= 0.3 is 0 Å². The van der Waals surface area contributed by atoms with E-state index in [-0.39, 0.29) is 6.04 Å². The minimum Gasteiger partial charge on any atom is -0.303 e. The molecule has 3 rings (SSSR count). The first-order valence-corrected chi connectivity index (χ1v) is 11.3. The third kappa shape index (κ3) is 5.28. The largest absolute Gasteiger partial charge is 0.303 e. The lowest BCUT2D eigenvalue weighted by Crippen LogP contribution is -2.45. The van der Waals surface area contributed by atoms with Crippen LogP contribution < -0.4 is 4.72 Å². The Balaban J connectivity index is 1.46. The average Bonchev–Trinajstić information content (AvgIpc) is 2.63. The van der Waals surface area contributed by atoms with E-state index < -0.39 is 10.2 Å².